The molecular formula is C17H18N2O4S. The first-order chi connectivity index (χ1) is 11.6. The number of nitrogens with zero attached hydrogens (tertiary/aromatic N) is 1. The number of nitrogens with one attached hydrogen (secondary N) is 1. The van der Waals surface area contributed by atoms with Gasteiger partial charge in [-0.15, -0.1) is 0 Å². The van der Waals surface area contributed by atoms with E-state index in [4.69, 9.17) is 4.74 Å². The van der Waals surface area contributed by atoms with Gasteiger partial charge in [-0.25, -0.2) is 8.42 Å². The minimum absolute atomic E-state index is 0.0507. The Kier molecular flexibility index (Phi) is 3.69. The maximum absolute atomic E-state index is 12.8. The van der Waals surface area contributed by atoms with Gasteiger partial charge in [-0.2, -0.15) is 0 Å². The Morgan fingerprint density at radius 2 is 1.88 bits per heavy atom. The van der Waals surface area contributed by atoms with Crippen LogP contribution in [0.2, 0.25) is 0 Å². The number of carbonyl (C=O) groups excluding carboxylic acids is 1. The number of benzene rings is 2. The Morgan fingerprint density at radius 3 is 2.62 bits per heavy atom. The maximum Gasteiger partial charge on any atom is 0.265 e. The van der Waals surface area contributed by atoms with Crippen molar-refractivity contribution in [3.05, 3.63) is 36.4 Å². The third kappa shape index (κ3) is 2.44. The van der Waals surface area contributed by atoms with Crippen molar-refractivity contribution in [1.29, 1.82) is 0 Å². The fraction of sp³-hybridized carbons (Fsp3) is 0.353. The molecule has 1 N–H and O–H groups in total. The molecule has 0 unspecified atom stereocenters. The van der Waals surface area contributed by atoms with Crippen LogP contribution in [0.25, 0.3) is 10.8 Å². The van der Waals surface area contributed by atoms with E-state index in [-0.39, 0.29) is 23.4 Å². The average molecular weight is 346 g/mol. The van der Waals surface area contributed by atoms with Crippen molar-refractivity contribution in [3.63, 3.8) is 0 Å². The Morgan fingerprint density at radius 1 is 1.17 bits per heavy atom. The molecule has 1 amide bonds. The van der Waals surface area contributed by atoms with E-state index in [1.165, 1.54) is 4.31 Å². The van der Waals surface area contributed by atoms with Gasteiger partial charge in [0, 0.05) is 24.6 Å². The van der Waals surface area contributed by atoms with Crippen molar-refractivity contribution in [1.82, 2.24) is 5.32 Å². The van der Waals surface area contributed by atoms with Gasteiger partial charge in [-0.3, -0.25) is 9.10 Å². The quantitative estimate of drug-likeness (QED) is 0.917. The molecule has 2 aliphatic heterocycles. The predicted octanol–water partition coefficient (Wildman–Crippen LogP) is 1.64. The second-order valence-electron chi connectivity index (χ2n) is 6.10. The van der Waals surface area contributed by atoms with Crippen LogP contribution in [0.3, 0.4) is 0 Å². The summed E-state index contributed by atoms with van der Waals surface area (Å²) in [5.41, 5.74) is 0.574. The first-order valence-electron chi connectivity index (χ1n) is 7.99. The first-order valence-corrected chi connectivity index (χ1v) is 9.43. The molecule has 0 radical (unpaired) electrons. The highest BCUT2D eigenvalue weighted by atomic mass is 32.2. The lowest BCUT2D eigenvalue weighted by atomic mass is 10.1. The van der Waals surface area contributed by atoms with Crippen LogP contribution in [-0.4, -0.2) is 40.1 Å². The zero-order valence-electron chi connectivity index (χ0n) is 13.1. The number of anilines is 1. The zero-order chi connectivity index (χ0) is 16.7. The molecule has 0 aliphatic carbocycles. The summed E-state index contributed by atoms with van der Waals surface area (Å²) in [5, 5.41) is 4.47. The molecule has 2 aromatic carbocycles. The number of sulfonamides is 1. The molecule has 1 fully saturated rings. The van der Waals surface area contributed by atoms with E-state index in [0.29, 0.717) is 24.3 Å². The smallest absolute Gasteiger partial charge is 0.265 e. The summed E-state index contributed by atoms with van der Waals surface area (Å²) in [7, 11) is -3.69. The fourth-order valence-corrected chi connectivity index (χ4v) is 5.04. The molecule has 0 saturated carbocycles. The van der Waals surface area contributed by atoms with Gasteiger partial charge in [0.25, 0.3) is 10.0 Å². The highest BCUT2D eigenvalue weighted by Crippen LogP contribution is 2.41. The molecule has 2 aliphatic rings. The van der Waals surface area contributed by atoms with Crippen molar-refractivity contribution in [3.8, 4) is 0 Å². The lowest BCUT2D eigenvalue weighted by molar-refractivity contribution is -0.120. The molecular weight excluding hydrogens is 328 g/mol. The minimum atomic E-state index is -3.69. The molecule has 1 saturated heterocycles. The zero-order valence-corrected chi connectivity index (χ0v) is 13.9. The van der Waals surface area contributed by atoms with Crippen molar-refractivity contribution in [2.75, 3.05) is 24.1 Å². The summed E-state index contributed by atoms with van der Waals surface area (Å²) >= 11 is 0. The van der Waals surface area contributed by atoms with Gasteiger partial charge in [0.2, 0.25) is 5.91 Å². The second kappa shape index (κ2) is 5.75. The van der Waals surface area contributed by atoms with Crippen molar-refractivity contribution < 1.29 is 17.9 Å². The first kappa shape index (κ1) is 15.4. The van der Waals surface area contributed by atoms with Crippen LogP contribution in [0.5, 0.6) is 0 Å². The number of ether oxygens (including phenoxy) is 1. The molecule has 0 bridgehead atoms. The van der Waals surface area contributed by atoms with Gasteiger partial charge in [0.05, 0.1) is 10.6 Å². The molecule has 7 heteroatoms. The van der Waals surface area contributed by atoms with E-state index >= 15 is 0 Å². The normalized spacial score (nSPS) is 19.6. The lowest BCUT2D eigenvalue weighted by Gasteiger charge is -2.25. The molecule has 2 heterocycles. The molecule has 2 aromatic rings. The molecule has 126 valence electrons. The number of amides is 1. The van der Waals surface area contributed by atoms with E-state index in [1.807, 2.05) is 18.2 Å². The summed E-state index contributed by atoms with van der Waals surface area (Å²) < 4.78 is 32.1. The predicted molar refractivity (Wildman–Crippen MR) is 90.5 cm³/mol. The number of carbonyl (C=O) groups is 1. The molecule has 0 aromatic heterocycles. The summed E-state index contributed by atoms with van der Waals surface area (Å²) in [6, 6.07) is 10.7. The third-order valence-electron chi connectivity index (χ3n) is 4.55. The molecule has 24 heavy (non-hydrogen) atoms. The van der Waals surface area contributed by atoms with Crippen LogP contribution in [-0.2, 0) is 19.6 Å². The van der Waals surface area contributed by atoms with E-state index in [1.54, 1.807) is 18.2 Å². The average Bonchev–Trinajstić information content (AvgIpc) is 2.79. The lowest BCUT2D eigenvalue weighted by Crippen LogP contribution is -2.45. The van der Waals surface area contributed by atoms with Crippen LogP contribution in [0.1, 0.15) is 12.8 Å². The van der Waals surface area contributed by atoms with Gasteiger partial charge in [-0.05, 0) is 30.4 Å². The summed E-state index contributed by atoms with van der Waals surface area (Å²) in [5.74, 6) is -0.282. The highest BCUT2D eigenvalue weighted by molar-refractivity contribution is 7.93. The number of hydrogen-bond donors (Lipinski definition) is 1. The molecule has 4 rings (SSSR count). The molecule has 0 atom stereocenters. The summed E-state index contributed by atoms with van der Waals surface area (Å²) in [6.45, 7) is 1.04. The largest absolute Gasteiger partial charge is 0.381 e. The highest BCUT2D eigenvalue weighted by Gasteiger charge is 2.36. The summed E-state index contributed by atoms with van der Waals surface area (Å²) in [4.78, 5) is 12.6. The monoisotopic (exact) mass is 346 g/mol. The van der Waals surface area contributed by atoms with Gasteiger partial charge in [0.15, 0.2) is 0 Å². The van der Waals surface area contributed by atoms with Gasteiger partial charge in [-0.1, -0.05) is 24.3 Å². The van der Waals surface area contributed by atoms with Gasteiger partial charge in [0.1, 0.15) is 6.54 Å². The standard InChI is InChI=1S/C17H18N2O4S/c20-16(18-13-7-9-23-10-8-13)11-19-14-5-1-3-12-4-2-6-15(17(12)14)24(19,21)22/h1-6,13H,7-11H2,(H,18,20). The second-order valence-corrected chi connectivity index (χ2v) is 7.93. The Hall–Kier alpha value is -2.12. The number of hydrogen-bond acceptors (Lipinski definition) is 4. The van der Waals surface area contributed by atoms with E-state index in [9.17, 15) is 13.2 Å². The molecule has 0 spiro atoms. The fourth-order valence-electron chi connectivity index (χ4n) is 3.37. The van der Waals surface area contributed by atoms with Crippen LogP contribution >= 0.6 is 0 Å². The van der Waals surface area contributed by atoms with E-state index in [0.717, 1.165) is 18.2 Å². The van der Waals surface area contributed by atoms with Gasteiger partial charge >= 0.3 is 0 Å². The Labute approximate surface area is 140 Å². The summed E-state index contributed by atoms with van der Waals surface area (Å²) in [6.07, 6.45) is 1.52. The van der Waals surface area contributed by atoms with Crippen LogP contribution < -0.4 is 9.62 Å². The Bertz CT molecular complexity index is 899. The minimum Gasteiger partial charge on any atom is -0.381 e. The Balaban J connectivity index is 1.62. The van der Waals surface area contributed by atoms with Crippen molar-refractivity contribution in [2.45, 2.75) is 23.8 Å². The topological polar surface area (TPSA) is 75.7 Å². The SMILES string of the molecule is O=C(CN1c2cccc3cccc(c23)S1(=O)=O)NC1CCOCC1. The van der Waals surface area contributed by atoms with Crippen LogP contribution in [0.4, 0.5) is 5.69 Å². The molecule has 6 nitrogen and oxygen atoms in total. The van der Waals surface area contributed by atoms with Crippen molar-refractivity contribution in [2.24, 2.45) is 0 Å². The third-order valence-corrected chi connectivity index (χ3v) is 6.36. The number of rotatable bonds is 3. The van der Waals surface area contributed by atoms with E-state index in [2.05, 4.69) is 5.32 Å². The maximum atomic E-state index is 12.8. The van der Waals surface area contributed by atoms with E-state index < -0.39 is 10.0 Å². The van der Waals surface area contributed by atoms with Crippen molar-refractivity contribution >= 4 is 32.4 Å². The van der Waals surface area contributed by atoms with Crippen LogP contribution in [0, 0.1) is 0 Å². The van der Waals surface area contributed by atoms with Gasteiger partial charge < -0.3 is 10.1 Å². The van der Waals surface area contributed by atoms with Crippen LogP contribution in [0.15, 0.2) is 41.3 Å².